The molecule has 0 aromatic heterocycles. The number of fused-ring (bicyclic) bond motifs is 1. The van der Waals surface area contributed by atoms with Crippen molar-refractivity contribution >= 4 is 23.3 Å². The molecule has 0 unspecified atom stereocenters. The number of carbonyl (C=O) groups is 2. The van der Waals surface area contributed by atoms with Gasteiger partial charge in [-0.1, -0.05) is 54.6 Å². The lowest BCUT2D eigenvalue weighted by atomic mass is 9.98. The Morgan fingerprint density at radius 1 is 0.943 bits per heavy atom. The number of carbonyl (C=O) groups excluding carboxylic acids is 2. The highest BCUT2D eigenvalue weighted by Gasteiger charge is 2.22. The predicted octanol–water partition coefficient (Wildman–Crippen LogP) is 4.34. The molecule has 4 rings (SSSR count). The smallest absolute Gasteiger partial charge is 0.319 e. The van der Waals surface area contributed by atoms with Crippen LogP contribution in [0.4, 0.5) is 16.2 Å². The predicted molar refractivity (Wildman–Crippen MR) is 139 cm³/mol. The minimum atomic E-state index is -0.319. The first-order valence-corrected chi connectivity index (χ1v) is 12.0. The standard InChI is InChI=1S/C28H32N4O3/c1-35-17-7-15-29-27(33)25-18-24(31-28(34)30-19-21-8-3-2-4-9-21)12-13-26(25)32-16-14-22-10-5-6-11-23(22)20-32/h2-6,8-13,18H,7,14-17,19-20H2,1H3,(H,29,33)(H2,30,31,34). The molecular weight excluding hydrogens is 440 g/mol. The number of hydrogen-bond donors (Lipinski definition) is 3. The topological polar surface area (TPSA) is 82.7 Å². The zero-order valence-electron chi connectivity index (χ0n) is 20.0. The zero-order chi connectivity index (χ0) is 24.5. The van der Waals surface area contributed by atoms with Crippen LogP contribution in [-0.4, -0.2) is 38.7 Å². The van der Waals surface area contributed by atoms with Crippen molar-refractivity contribution in [3.8, 4) is 0 Å². The van der Waals surface area contributed by atoms with Crippen molar-refractivity contribution in [3.05, 3.63) is 95.1 Å². The van der Waals surface area contributed by atoms with Gasteiger partial charge in [0.25, 0.3) is 5.91 Å². The van der Waals surface area contributed by atoms with E-state index in [9.17, 15) is 9.59 Å². The summed E-state index contributed by atoms with van der Waals surface area (Å²) < 4.78 is 5.09. The first-order chi connectivity index (χ1) is 17.1. The number of nitrogens with one attached hydrogen (secondary N) is 3. The van der Waals surface area contributed by atoms with Gasteiger partial charge in [-0.3, -0.25) is 4.79 Å². The highest BCUT2D eigenvalue weighted by molar-refractivity contribution is 6.02. The summed E-state index contributed by atoms with van der Waals surface area (Å²) in [6.07, 6.45) is 1.65. The van der Waals surface area contributed by atoms with Gasteiger partial charge in [-0.2, -0.15) is 0 Å². The summed E-state index contributed by atoms with van der Waals surface area (Å²) >= 11 is 0. The molecule has 7 heteroatoms. The molecule has 0 aliphatic carbocycles. The van der Waals surface area contributed by atoms with E-state index in [1.165, 1.54) is 11.1 Å². The highest BCUT2D eigenvalue weighted by Crippen LogP contribution is 2.29. The van der Waals surface area contributed by atoms with Gasteiger partial charge in [0.15, 0.2) is 0 Å². The molecule has 3 aromatic carbocycles. The molecule has 0 bridgehead atoms. The van der Waals surface area contributed by atoms with Crippen molar-refractivity contribution in [3.63, 3.8) is 0 Å². The monoisotopic (exact) mass is 472 g/mol. The van der Waals surface area contributed by atoms with Crippen LogP contribution in [0.5, 0.6) is 0 Å². The fraction of sp³-hybridized carbons (Fsp3) is 0.286. The number of benzene rings is 3. The molecule has 7 nitrogen and oxygen atoms in total. The van der Waals surface area contributed by atoms with E-state index >= 15 is 0 Å². The van der Waals surface area contributed by atoms with Crippen molar-refractivity contribution in [2.45, 2.75) is 25.9 Å². The van der Waals surface area contributed by atoms with Crippen molar-refractivity contribution < 1.29 is 14.3 Å². The summed E-state index contributed by atoms with van der Waals surface area (Å²) in [5.74, 6) is -0.164. The average Bonchev–Trinajstić information content (AvgIpc) is 2.90. The number of nitrogens with zero attached hydrogens (tertiary/aromatic N) is 1. The van der Waals surface area contributed by atoms with Crippen LogP contribution in [0.3, 0.4) is 0 Å². The van der Waals surface area contributed by atoms with Crippen LogP contribution in [0.2, 0.25) is 0 Å². The molecule has 35 heavy (non-hydrogen) atoms. The molecule has 0 spiro atoms. The molecule has 3 amide bonds. The van der Waals surface area contributed by atoms with E-state index in [2.05, 4.69) is 39.0 Å². The van der Waals surface area contributed by atoms with E-state index in [1.807, 2.05) is 48.5 Å². The molecule has 0 saturated carbocycles. The number of urea groups is 1. The SMILES string of the molecule is COCCCNC(=O)c1cc(NC(=O)NCc2ccccc2)ccc1N1CCc2ccccc2C1. The number of methoxy groups -OCH3 is 1. The molecule has 1 aliphatic rings. The minimum absolute atomic E-state index is 0.164. The molecular formula is C28H32N4O3. The number of rotatable bonds is 9. The maximum Gasteiger partial charge on any atom is 0.319 e. The second kappa shape index (κ2) is 12.0. The second-order valence-corrected chi connectivity index (χ2v) is 8.57. The van der Waals surface area contributed by atoms with Crippen molar-refractivity contribution in [1.82, 2.24) is 10.6 Å². The van der Waals surface area contributed by atoms with Crippen LogP contribution in [0.15, 0.2) is 72.8 Å². The van der Waals surface area contributed by atoms with Crippen LogP contribution < -0.4 is 20.9 Å². The molecule has 3 N–H and O–H groups in total. The van der Waals surface area contributed by atoms with E-state index in [4.69, 9.17) is 4.74 Å². The first kappa shape index (κ1) is 24.3. The van der Waals surface area contributed by atoms with E-state index in [0.29, 0.717) is 30.9 Å². The third kappa shape index (κ3) is 6.61. The number of anilines is 2. The molecule has 0 radical (unpaired) electrons. The van der Waals surface area contributed by atoms with Gasteiger partial charge in [0.05, 0.1) is 5.56 Å². The lowest BCUT2D eigenvalue weighted by Gasteiger charge is -2.32. The summed E-state index contributed by atoms with van der Waals surface area (Å²) in [4.78, 5) is 27.9. The Balaban J connectivity index is 1.49. The molecule has 3 aromatic rings. The largest absolute Gasteiger partial charge is 0.385 e. The van der Waals surface area contributed by atoms with Gasteiger partial charge in [0, 0.05) is 51.3 Å². The quantitative estimate of drug-likeness (QED) is 0.405. The van der Waals surface area contributed by atoms with Crippen molar-refractivity contribution in [2.75, 3.05) is 37.0 Å². The van der Waals surface area contributed by atoms with Crippen LogP contribution in [0, 0.1) is 0 Å². The Bertz CT molecular complexity index is 1150. The average molecular weight is 473 g/mol. The normalized spacial score (nSPS) is 12.5. The van der Waals surface area contributed by atoms with Gasteiger partial charge in [-0.25, -0.2) is 4.79 Å². The van der Waals surface area contributed by atoms with E-state index in [1.54, 1.807) is 13.2 Å². The molecule has 0 atom stereocenters. The molecule has 182 valence electrons. The fourth-order valence-corrected chi connectivity index (χ4v) is 4.24. The Morgan fingerprint density at radius 3 is 2.51 bits per heavy atom. The van der Waals surface area contributed by atoms with Gasteiger partial charge < -0.3 is 25.6 Å². The highest BCUT2D eigenvalue weighted by atomic mass is 16.5. The van der Waals surface area contributed by atoms with E-state index in [-0.39, 0.29) is 11.9 Å². The van der Waals surface area contributed by atoms with E-state index < -0.39 is 0 Å². The number of hydrogen-bond acceptors (Lipinski definition) is 4. The lowest BCUT2D eigenvalue weighted by molar-refractivity contribution is 0.0949. The Labute approximate surface area is 206 Å². The van der Waals surface area contributed by atoms with Crippen LogP contribution in [0.25, 0.3) is 0 Å². The molecule has 0 saturated heterocycles. The maximum atomic E-state index is 13.2. The number of amides is 3. The summed E-state index contributed by atoms with van der Waals surface area (Å²) in [5.41, 5.74) is 5.61. The summed E-state index contributed by atoms with van der Waals surface area (Å²) in [7, 11) is 1.64. The van der Waals surface area contributed by atoms with E-state index in [0.717, 1.165) is 37.2 Å². The van der Waals surface area contributed by atoms with Crippen molar-refractivity contribution in [2.24, 2.45) is 0 Å². The van der Waals surface area contributed by atoms with Crippen LogP contribution in [-0.2, 0) is 24.2 Å². The Hall–Kier alpha value is -3.84. The van der Waals surface area contributed by atoms with Crippen LogP contribution in [0.1, 0.15) is 33.5 Å². The maximum absolute atomic E-state index is 13.2. The Kier molecular flexibility index (Phi) is 8.35. The Morgan fingerprint density at radius 2 is 1.71 bits per heavy atom. The first-order valence-electron chi connectivity index (χ1n) is 12.0. The van der Waals surface area contributed by atoms with Gasteiger partial charge in [0.1, 0.15) is 0 Å². The zero-order valence-corrected chi connectivity index (χ0v) is 20.0. The minimum Gasteiger partial charge on any atom is -0.385 e. The third-order valence-electron chi connectivity index (χ3n) is 6.08. The van der Waals surface area contributed by atoms with Crippen molar-refractivity contribution in [1.29, 1.82) is 0 Å². The third-order valence-corrected chi connectivity index (χ3v) is 6.08. The summed E-state index contributed by atoms with van der Waals surface area (Å²) in [6, 6.07) is 23.3. The van der Waals surface area contributed by atoms with Gasteiger partial charge >= 0.3 is 6.03 Å². The van der Waals surface area contributed by atoms with Gasteiger partial charge in [-0.05, 0) is 47.7 Å². The number of ether oxygens (including phenoxy) is 1. The van der Waals surface area contributed by atoms with Gasteiger partial charge in [0.2, 0.25) is 0 Å². The summed E-state index contributed by atoms with van der Waals surface area (Å²) in [6.45, 7) is 3.09. The van der Waals surface area contributed by atoms with Gasteiger partial charge in [-0.15, -0.1) is 0 Å². The molecule has 0 fully saturated rings. The summed E-state index contributed by atoms with van der Waals surface area (Å²) in [5, 5.41) is 8.71. The van der Waals surface area contributed by atoms with Crippen LogP contribution >= 0.6 is 0 Å². The second-order valence-electron chi connectivity index (χ2n) is 8.57. The lowest BCUT2D eigenvalue weighted by Crippen LogP contribution is -2.34. The molecule has 1 aliphatic heterocycles. The molecule has 1 heterocycles. The fourth-order valence-electron chi connectivity index (χ4n) is 4.24.